The van der Waals surface area contributed by atoms with E-state index in [1.807, 2.05) is 0 Å². The number of ether oxygens (including phenoxy) is 4. The van der Waals surface area contributed by atoms with E-state index in [-0.39, 0.29) is 0 Å². The summed E-state index contributed by atoms with van der Waals surface area (Å²) < 4.78 is 20.7. The standard InChI is InChI=1S/C12H26O6/c1-11(13)9-17-7-5-15-3-4-16-6-8-18-10-12(2)14/h11-14H,3-10H2,1-2H3/t11-,12-/m0/s1. The molecule has 2 N–H and O–H groups in total. The zero-order valence-corrected chi connectivity index (χ0v) is 11.3. The zero-order chi connectivity index (χ0) is 13.6. The van der Waals surface area contributed by atoms with Gasteiger partial charge in [0, 0.05) is 0 Å². The third-order valence-corrected chi connectivity index (χ3v) is 1.83. The summed E-state index contributed by atoms with van der Waals surface area (Å²) in [5.74, 6) is 0. The van der Waals surface area contributed by atoms with Crippen molar-refractivity contribution in [2.45, 2.75) is 26.1 Å². The van der Waals surface area contributed by atoms with Crippen molar-refractivity contribution in [3.05, 3.63) is 0 Å². The van der Waals surface area contributed by atoms with E-state index in [2.05, 4.69) is 0 Å². The van der Waals surface area contributed by atoms with Gasteiger partial charge in [-0.15, -0.1) is 0 Å². The van der Waals surface area contributed by atoms with E-state index in [9.17, 15) is 0 Å². The molecule has 6 nitrogen and oxygen atoms in total. The van der Waals surface area contributed by atoms with Crippen LogP contribution in [0.1, 0.15) is 13.8 Å². The van der Waals surface area contributed by atoms with Gasteiger partial charge in [0.2, 0.25) is 0 Å². The third-order valence-electron chi connectivity index (χ3n) is 1.83. The first-order valence-electron chi connectivity index (χ1n) is 6.30. The molecular formula is C12H26O6. The van der Waals surface area contributed by atoms with Crippen molar-refractivity contribution in [2.24, 2.45) is 0 Å². The van der Waals surface area contributed by atoms with Crippen LogP contribution in [0.5, 0.6) is 0 Å². The first kappa shape index (κ1) is 17.8. The average molecular weight is 266 g/mol. The van der Waals surface area contributed by atoms with Gasteiger partial charge in [0.15, 0.2) is 0 Å². The average Bonchev–Trinajstić information content (AvgIpc) is 2.29. The van der Waals surface area contributed by atoms with Crippen LogP contribution in [0, 0.1) is 0 Å². The maximum atomic E-state index is 8.92. The van der Waals surface area contributed by atoms with Crippen LogP contribution in [-0.4, -0.2) is 75.3 Å². The van der Waals surface area contributed by atoms with Crippen molar-refractivity contribution >= 4 is 0 Å². The van der Waals surface area contributed by atoms with Gasteiger partial charge in [0.05, 0.1) is 65.1 Å². The van der Waals surface area contributed by atoms with E-state index in [1.165, 1.54) is 0 Å². The Kier molecular flexibility index (Phi) is 13.0. The topological polar surface area (TPSA) is 77.4 Å². The lowest BCUT2D eigenvalue weighted by Crippen LogP contribution is -2.16. The fourth-order valence-electron chi connectivity index (χ4n) is 1.07. The van der Waals surface area contributed by atoms with Crippen LogP contribution in [0.2, 0.25) is 0 Å². The lowest BCUT2D eigenvalue weighted by Gasteiger charge is -2.08. The minimum atomic E-state index is -0.435. The Hall–Kier alpha value is -0.240. The van der Waals surface area contributed by atoms with Gasteiger partial charge in [0.25, 0.3) is 0 Å². The first-order chi connectivity index (χ1) is 8.63. The normalized spacial score (nSPS) is 14.7. The predicted octanol–water partition coefficient (Wildman–Crippen LogP) is -0.186. The summed E-state index contributed by atoms with van der Waals surface area (Å²) in [5, 5.41) is 17.8. The first-order valence-corrected chi connectivity index (χ1v) is 6.30. The molecule has 0 fully saturated rings. The van der Waals surface area contributed by atoms with Crippen molar-refractivity contribution in [1.29, 1.82) is 0 Å². The molecule has 0 aromatic carbocycles. The maximum absolute atomic E-state index is 8.92. The van der Waals surface area contributed by atoms with Gasteiger partial charge >= 0.3 is 0 Å². The van der Waals surface area contributed by atoms with Gasteiger partial charge in [-0.3, -0.25) is 0 Å². The van der Waals surface area contributed by atoms with E-state index in [0.29, 0.717) is 52.9 Å². The van der Waals surface area contributed by atoms with Crippen LogP contribution in [-0.2, 0) is 18.9 Å². The largest absolute Gasteiger partial charge is 0.391 e. The van der Waals surface area contributed by atoms with Crippen LogP contribution < -0.4 is 0 Å². The lowest BCUT2D eigenvalue weighted by molar-refractivity contribution is -0.0210. The molecule has 0 spiro atoms. The predicted molar refractivity (Wildman–Crippen MR) is 66.6 cm³/mol. The molecule has 0 aliphatic rings. The minimum Gasteiger partial charge on any atom is -0.391 e. The van der Waals surface area contributed by atoms with Gasteiger partial charge in [-0.25, -0.2) is 0 Å². The molecule has 0 radical (unpaired) electrons. The molecule has 0 saturated heterocycles. The van der Waals surface area contributed by atoms with Gasteiger partial charge in [-0.2, -0.15) is 0 Å². The van der Waals surface area contributed by atoms with Crippen LogP contribution >= 0.6 is 0 Å². The van der Waals surface area contributed by atoms with Crippen molar-refractivity contribution in [1.82, 2.24) is 0 Å². The van der Waals surface area contributed by atoms with E-state index in [1.54, 1.807) is 13.8 Å². The molecule has 0 aromatic rings. The van der Waals surface area contributed by atoms with Crippen LogP contribution in [0.4, 0.5) is 0 Å². The highest BCUT2D eigenvalue weighted by Gasteiger charge is 1.96. The molecular weight excluding hydrogens is 240 g/mol. The zero-order valence-electron chi connectivity index (χ0n) is 11.3. The van der Waals surface area contributed by atoms with Crippen LogP contribution in [0.25, 0.3) is 0 Å². The second-order valence-corrected chi connectivity index (χ2v) is 4.07. The van der Waals surface area contributed by atoms with E-state index in [4.69, 9.17) is 29.2 Å². The summed E-state index contributed by atoms with van der Waals surface area (Å²) in [5.41, 5.74) is 0. The summed E-state index contributed by atoms with van der Waals surface area (Å²) in [7, 11) is 0. The highest BCUT2D eigenvalue weighted by Crippen LogP contribution is 1.86. The molecule has 0 rings (SSSR count). The molecule has 0 saturated carbocycles. The fraction of sp³-hybridized carbons (Fsp3) is 1.00. The Bertz CT molecular complexity index is 145. The Morgan fingerprint density at radius 3 is 1.17 bits per heavy atom. The number of hydrogen-bond donors (Lipinski definition) is 2. The quantitative estimate of drug-likeness (QED) is 0.450. The third kappa shape index (κ3) is 15.8. The number of rotatable bonds is 13. The van der Waals surface area contributed by atoms with Crippen molar-refractivity contribution in [3.63, 3.8) is 0 Å². The minimum absolute atomic E-state index is 0.334. The Morgan fingerprint density at radius 1 is 0.611 bits per heavy atom. The summed E-state index contributed by atoms with van der Waals surface area (Å²) in [6.07, 6.45) is -0.870. The second-order valence-electron chi connectivity index (χ2n) is 4.07. The van der Waals surface area contributed by atoms with Gasteiger partial charge < -0.3 is 29.2 Å². The molecule has 6 heteroatoms. The number of aliphatic hydroxyl groups is 2. The summed E-state index contributed by atoms with van der Waals surface area (Å²) in [6.45, 7) is 6.97. The summed E-state index contributed by atoms with van der Waals surface area (Å²) in [4.78, 5) is 0. The van der Waals surface area contributed by atoms with Gasteiger partial charge in [-0.05, 0) is 13.8 Å². The van der Waals surface area contributed by atoms with E-state index in [0.717, 1.165) is 0 Å². The van der Waals surface area contributed by atoms with Crippen LogP contribution in [0.15, 0.2) is 0 Å². The Labute approximate surface area is 109 Å². The second kappa shape index (κ2) is 13.2. The molecule has 18 heavy (non-hydrogen) atoms. The summed E-state index contributed by atoms with van der Waals surface area (Å²) in [6, 6.07) is 0. The molecule has 0 aromatic heterocycles. The number of aliphatic hydroxyl groups excluding tert-OH is 2. The van der Waals surface area contributed by atoms with Crippen LogP contribution in [0.3, 0.4) is 0 Å². The van der Waals surface area contributed by atoms with E-state index < -0.39 is 12.2 Å². The molecule has 0 aliphatic heterocycles. The highest BCUT2D eigenvalue weighted by atomic mass is 16.6. The molecule has 0 aliphatic carbocycles. The Morgan fingerprint density at radius 2 is 0.889 bits per heavy atom. The fourth-order valence-corrected chi connectivity index (χ4v) is 1.07. The smallest absolute Gasteiger partial charge is 0.0745 e. The van der Waals surface area contributed by atoms with Crippen molar-refractivity contribution in [2.75, 3.05) is 52.9 Å². The molecule has 0 amide bonds. The molecule has 0 bridgehead atoms. The highest BCUT2D eigenvalue weighted by molar-refractivity contribution is 4.42. The molecule has 110 valence electrons. The van der Waals surface area contributed by atoms with E-state index >= 15 is 0 Å². The number of hydrogen-bond acceptors (Lipinski definition) is 6. The SMILES string of the molecule is C[C@H](O)COCCOCCOCCOC[C@H](C)O. The van der Waals surface area contributed by atoms with Gasteiger partial charge in [-0.1, -0.05) is 0 Å². The summed E-state index contributed by atoms with van der Waals surface area (Å²) >= 11 is 0. The molecule has 2 atom stereocenters. The Balaban J connectivity index is 2.95. The van der Waals surface area contributed by atoms with Gasteiger partial charge in [0.1, 0.15) is 0 Å². The van der Waals surface area contributed by atoms with Crippen molar-refractivity contribution in [3.8, 4) is 0 Å². The molecule has 0 unspecified atom stereocenters. The lowest BCUT2D eigenvalue weighted by atomic mass is 10.4. The molecule has 0 heterocycles. The maximum Gasteiger partial charge on any atom is 0.0745 e. The monoisotopic (exact) mass is 266 g/mol. The van der Waals surface area contributed by atoms with Crippen molar-refractivity contribution < 1.29 is 29.2 Å².